The van der Waals surface area contributed by atoms with Gasteiger partial charge in [-0.1, -0.05) is 212 Å². The molecule has 6 rings (SSSR count). The molecule has 0 bridgehead atoms. The fourth-order valence-corrected chi connectivity index (χ4v) is 9.31. The second kappa shape index (κ2) is 24.8. The number of carbonyl (C=O) groups is 2. The summed E-state index contributed by atoms with van der Waals surface area (Å²) in [6.45, 7) is 13.5. The second-order valence-corrected chi connectivity index (χ2v) is 18.4. The number of hydrogen-bond donors (Lipinski definition) is 0. The maximum absolute atomic E-state index is 13.5. The fourth-order valence-electron chi connectivity index (χ4n) is 9.31. The van der Waals surface area contributed by atoms with Crippen LogP contribution in [0.1, 0.15) is 165 Å². The smallest absolute Gasteiger partial charge is 0.434 e. The van der Waals surface area contributed by atoms with Crippen LogP contribution in [0.2, 0.25) is 0 Å². The average Bonchev–Trinajstić information content (AvgIpc) is 3.28. The van der Waals surface area contributed by atoms with Gasteiger partial charge in [-0.2, -0.15) is 0 Å². The molecule has 0 heterocycles. The zero-order chi connectivity index (χ0) is 45.3. The van der Waals surface area contributed by atoms with Gasteiger partial charge in [-0.3, -0.25) is 0 Å². The Balaban J connectivity index is 1.28. The highest BCUT2D eigenvalue weighted by molar-refractivity contribution is 6.27. The summed E-state index contributed by atoms with van der Waals surface area (Å²) in [7, 11) is 0. The van der Waals surface area contributed by atoms with Crippen molar-refractivity contribution in [2.24, 2.45) is 0 Å². The van der Waals surface area contributed by atoms with Crippen molar-refractivity contribution in [1.82, 2.24) is 0 Å². The fraction of sp³-hybridized carbons (Fsp3) is 0.483. The molecule has 0 aliphatic rings. The first-order valence-electron chi connectivity index (χ1n) is 24.8. The average molecular weight is 867 g/mol. The lowest BCUT2D eigenvalue weighted by Crippen LogP contribution is -2.12. The SMILES string of the molecule is CCCCCCCCCCCCOC(=O)Oc1c2cc(C)ccc2c(-c2c3ccc(C)cc3c(OC(=O)OCCCCCCCCCCCC)c3ccc(C)cc23)c2cc(C)ccc12. The molecule has 342 valence electrons. The molecule has 0 amide bonds. The monoisotopic (exact) mass is 867 g/mol. The summed E-state index contributed by atoms with van der Waals surface area (Å²) in [6.07, 6.45) is 22.8. The third-order valence-corrected chi connectivity index (χ3v) is 12.8. The van der Waals surface area contributed by atoms with E-state index in [-0.39, 0.29) is 0 Å². The molecule has 0 radical (unpaired) electrons. The van der Waals surface area contributed by atoms with Crippen LogP contribution in [-0.4, -0.2) is 25.5 Å². The van der Waals surface area contributed by atoms with Gasteiger partial charge in [-0.25, -0.2) is 9.59 Å². The summed E-state index contributed by atoms with van der Waals surface area (Å²) in [5.41, 5.74) is 6.32. The highest BCUT2D eigenvalue weighted by Gasteiger charge is 2.25. The number of ether oxygens (including phenoxy) is 4. The normalized spacial score (nSPS) is 11.5. The Labute approximate surface area is 383 Å². The van der Waals surface area contributed by atoms with E-state index in [9.17, 15) is 9.59 Å². The van der Waals surface area contributed by atoms with E-state index in [2.05, 4.69) is 114 Å². The minimum atomic E-state index is -0.683. The lowest BCUT2D eigenvalue weighted by molar-refractivity contribution is 0.0972. The van der Waals surface area contributed by atoms with Crippen LogP contribution >= 0.6 is 0 Å². The third-order valence-electron chi connectivity index (χ3n) is 12.8. The van der Waals surface area contributed by atoms with Crippen LogP contribution in [0.4, 0.5) is 9.59 Å². The molecule has 64 heavy (non-hydrogen) atoms. The highest BCUT2D eigenvalue weighted by atomic mass is 16.7. The minimum Gasteiger partial charge on any atom is -0.434 e. The molecule has 6 nitrogen and oxygen atoms in total. The molecule has 6 heteroatoms. The van der Waals surface area contributed by atoms with Crippen molar-refractivity contribution in [3.05, 3.63) is 95.1 Å². The van der Waals surface area contributed by atoms with Crippen molar-refractivity contribution >= 4 is 55.4 Å². The van der Waals surface area contributed by atoms with E-state index < -0.39 is 12.3 Å². The van der Waals surface area contributed by atoms with Gasteiger partial charge in [0.25, 0.3) is 0 Å². The molecule has 0 spiro atoms. The number of benzene rings is 6. The van der Waals surface area contributed by atoms with Gasteiger partial charge >= 0.3 is 12.3 Å². The molecule has 0 fully saturated rings. The van der Waals surface area contributed by atoms with Crippen molar-refractivity contribution in [2.75, 3.05) is 13.2 Å². The van der Waals surface area contributed by atoms with Gasteiger partial charge < -0.3 is 18.9 Å². The molecular weight excluding hydrogens is 793 g/mol. The van der Waals surface area contributed by atoms with Gasteiger partial charge in [-0.15, -0.1) is 0 Å². The number of hydrogen-bond acceptors (Lipinski definition) is 6. The van der Waals surface area contributed by atoms with Crippen LogP contribution in [0, 0.1) is 27.7 Å². The maximum atomic E-state index is 13.5. The molecule has 0 aliphatic heterocycles. The summed E-state index contributed by atoms with van der Waals surface area (Å²) in [6, 6.07) is 25.3. The van der Waals surface area contributed by atoms with Crippen LogP contribution in [0.5, 0.6) is 11.5 Å². The molecule has 0 unspecified atom stereocenters. The quantitative estimate of drug-likeness (QED) is 0.0247. The zero-order valence-electron chi connectivity index (χ0n) is 39.9. The highest BCUT2D eigenvalue weighted by Crippen LogP contribution is 2.50. The number of unbranched alkanes of at least 4 members (excludes halogenated alkanes) is 18. The Morgan fingerprint density at radius 1 is 0.344 bits per heavy atom. The van der Waals surface area contributed by atoms with Gasteiger partial charge in [-0.05, 0) is 85.3 Å². The van der Waals surface area contributed by atoms with E-state index in [1.165, 1.54) is 89.9 Å². The van der Waals surface area contributed by atoms with Gasteiger partial charge in [0.05, 0.1) is 13.2 Å². The topological polar surface area (TPSA) is 71.1 Å². The first kappa shape index (κ1) is 48.4. The van der Waals surface area contributed by atoms with Crippen molar-refractivity contribution in [3.63, 3.8) is 0 Å². The molecule has 0 aliphatic carbocycles. The molecule has 6 aromatic carbocycles. The number of carbonyl (C=O) groups excluding carboxylic acids is 2. The van der Waals surface area contributed by atoms with Crippen LogP contribution in [0.15, 0.2) is 72.8 Å². The number of aryl methyl sites for hydroxylation is 4. The van der Waals surface area contributed by atoms with E-state index >= 15 is 0 Å². The second-order valence-electron chi connectivity index (χ2n) is 18.4. The molecule has 0 saturated heterocycles. The van der Waals surface area contributed by atoms with Crippen molar-refractivity contribution < 1.29 is 28.5 Å². The van der Waals surface area contributed by atoms with Crippen LogP contribution in [0.3, 0.4) is 0 Å². The largest absolute Gasteiger partial charge is 0.513 e. The van der Waals surface area contributed by atoms with Crippen molar-refractivity contribution in [1.29, 1.82) is 0 Å². The Morgan fingerprint density at radius 3 is 0.953 bits per heavy atom. The lowest BCUT2D eigenvalue weighted by Gasteiger charge is -2.22. The van der Waals surface area contributed by atoms with Gasteiger partial charge in [0, 0.05) is 21.5 Å². The molecule has 6 aromatic rings. The lowest BCUT2D eigenvalue weighted by atomic mass is 9.84. The Morgan fingerprint density at radius 2 is 0.625 bits per heavy atom. The molecule has 0 N–H and O–H groups in total. The Hall–Kier alpha value is -5.10. The van der Waals surface area contributed by atoms with Gasteiger partial charge in [0.2, 0.25) is 0 Å². The standard InChI is InChI=1S/C58H74O6/c1-7-9-11-13-15-17-19-21-23-25-35-61-57(59)63-55-47-33-29-41(3)37-49(47)53(45-31-27-43(5)39-51(45)55)54-46-32-28-44(6)40-52(46)56(48-34-30-42(4)38-50(48)54)64-58(60)62-36-26-24-22-20-18-16-14-12-10-8-2/h27-34,37-40H,7-26,35-36H2,1-6H3. The first-order valence-corrected chi connectivity index (χ1v) is 24.8. The summed E-state index contributed by atoms with van der Waals surface area (Å²) < 4.78 is 23.9. The minimum absolute atomic E-state index is 0.333. The van der Waals surface area contributed by atoms with Crippen LogP contribution < -0.4 is 9.47 Å². The van der Waals surface area contributed by atoms with Crippen LogP contribution in [-0.2, 0) is 9.47 Å². The van der Waals surface area contributed by atoms with Crippen molar-refractivity contribution in [3.8, 4) is 22.6 Å². The number of fused-ring (bicyclic) bond motifs is 4. The summed E-state index contributed by atoms with van der Waals surface area (Å²) in [4.78, 5) is 27.0. The maximum Gasteiger partial charge on any atom is 0.513 e. The predicted octanol–water partition coefficient (Wildman–Crippen LogP) is 18.1. The summed E-state index contributed by atoms with van der Waals surface area (Å²) in [5, 5.41) is 7.15. The van der Waals surface area contributed by atoms with E-state index in [1.807, 2.05) is 0 Å². The third kappa shape index (κ3) is 13.0. The van der Waals surface area contributed by atoms with Crippen molar-refractivity contribution in [2.45, 2.75) is 170 Å². The van der Waals surface area contributed by atoms with E-state index in [0.717, 1.165) is 115 Å². The molecule has 0 saturated carbocycles. The van der Waals surface area contributed by atoms with Crippen LogP contribution in [0.25, 0.3) is 54.2 Å². The van der Waals surface area contributed by atoms with Gasteiger partial charge in [0.1, 0.15) is 11.5 Å². The number of rotatable bonds is 25. The van der Waals surface area contributed by atoms with E-state index in [1.54, 1.807) is 0 Å². The van der Waals surface area contributed by atoms with E-state index in [0.29, 0.717) is 24.7 Å². The Bertz CT molecular complexity index is 2310. The molecule has 0 atom stereocenters. The molecule has 0 aromatic heterocycles. The zero-order valence-corrected chi connectivity index (χ0v) is 39.9. The van der Waals surface area contributed by atoms with Gasteiger partial charge in [0.15, 0.2) is 0 Å². The van der Waals surface area contributed by atoms with E-state index in [4.69, 9.17) is 18.9 Å². The Kier molecular flexibility index (Phi) is 18.8. The molecular formula is C58H74O6. The summed E-state index contributed by atoms with van der Waals surface area (Å²) in [5.74, 6) is 0.993. The summed E-state index contributed by atoms with van der Waals surface area (Å²) >= 11 is 0. The first-order chi connectivity index (χ1) is 31.2. The predicted molar refractivity (Wildman–Crippen MR) is 268 cm³/mol.